The van der Waals surface area contributed by atoms with Crippen molar-refractivity contribution >= 4 is 28.0 Å². The lowest BCUT2D eigenvalue weighted by atomic mass is 10.1. The molecule has 0 radical (unpaired) electrons. The van der Waals surface area contributed by atoms with Crippen LogP contribution in [0.15, 0.2) is 0 Å². The van der Waals surface area contributed by atoms with Gasteiger partial charge in [0.15, 0.2) is 0 Å². The number of rotatable bonds is 3. The zero-order valence-electron chi connectivity index (χ0n) is 11.8. The number of hydrogen-bond donors (Lipinski definition) is 1. The molecule has 1 unspecified atom stereocenters. The van der Waals surface area contributed by atoms with Gasteiger partial charge in [0.05, 0.1) is 30.5 Å². The van der Waals surface area contributed by atoms with E-state index in [9.17, 15) is 4.79 Å². The van der Waals surface area contributed by atoms with Gasteiger partial charge in [-0.25, -0.2) is 4.79 Å². The van der Waals surface area contributed by atoms with E-state index in [4.69, 9.17) is 15.2 Å². The molecule has 1 saturated heterocycles. The first kappa shape index (κ1) is 13.7. The second-order valence-electron chi connectivity index (χ2n) is 5.46. The van der Waals surface area contributed by atoms with Gasteiger partial charge in [-0.1, -0.05) is 0 Å². The molecule has 1 atom stereocenters. The molecule has 5 nitrogen and oxygen atoms in total. The van der Waals surface area contributed by atoms with Gasteiger partial charge in [-0.2, -0.15) is 0 Å². The van der Waals surface area contributed by atoms with Gasteiger partial charge in [-0.15, -0.1) is 11.3 Å². The zero-order chi connectivity index (χ0) is 14.3. The van der Waals surface area contributed by atoms with Crippen molar-refractivity contribution in [3.8, 4) is 0 Å². The van der Waals surface area contributed by atoms with Crippen LogP contribution in [0.25, 0.3) is 0 Å². The molecule has 110 valence electrons. The largest absolute Gasteiger partial charge is 0.465 e. The Labute approximate surface area is 122 Å². The number of carbonyl (C=O) groups is 1. The van der Waals surface area contributed by atoms with Crippen LogP contribution in [0.3, 0.4) is 0 Å². The number of hydrogen-bond acceptors (Lipinski definition) is 6. The monoisotopic (exact) mass is 296 g/mol. The fourth-order valence-corrected chi connectivity index (χ4v) is 3.95. The molecule has 2 fully saturated rings. The molecule has 1 saturated carbocycles. The van der Waals surface area contributed by atoms with Crippen molar-refractivity contribution in [2.24, 2.45) is 0 Å². The first-order chi connectivity index (χ1) is 9.61. The summed E-state index contributed by atoms with van der Waals surface area (Å²) in [5, 5.41) is 1.14. The summed E-state index contributed by atoms with van der Waals surface area (Å²) < 4.78 is 10.4. The number of ether oxygens (including phenoxy) is 2. The van der Waals surface area contributed by atoms with E-state index in [1.807, 2.05) is 0 Å². The van der Waals surface area contributed by atoms with E-state index in [0.717, 1.165) is 43.1 Å². The highest BCUT2D eigenvalue weighted by molar-refractivity contribution is 7.18. The van der Waals surface area contributed by atoms with Crippen molar-refractivity contribution in [2.75, 3.05) is 37.4 Å². The third kappa shape index (κ3) is 2.38. The molecule has 2 aliphatic rings. The summed E-state index contributed by atoms with van der Waals surface area (Å²) in [6.07, 6.45) is 2.53. The van der Waals surface area contributed by atoms with Gasteiger partial charge < -0.3 is 20.1 Å². The van der Waals surface area contributed by atoms with Gasteiger partial charge in [0.2, 0.25) is 0 Å². The molecule has 0 bridgehead atoms. The Morgan fingerprint density at radius 1 is 1.50 bits per heavy atom. The molecule has 0 amide bonds. The predicted molar refractivity (Wildman–Crippen MR) is 79.7 cm³/mol. The molecule has 2 N–H and O–H groups in total. The topological polar surface area (TPSA) is 64.8 Å². The minimum atomic E-state index is -0.332. The minimum Gasteiger partial charge on any atom is -0.465 e. The summed E-state index contributed by atoms with van der Waals surface area (Å²) in [6, 6.07) is 0. The molecule has 20 heavy (non-hydrogen) atoms. The maximum Gasteiger partial charge on any atom is 0.350 e. The molecule has 0 spiro atoms. The molecule has 0 aromatic carbocycles. The highest BCUT2D eigenvalue weighted by Gasteiger charge is 2.35. The lowest BCUT2D eigenvalue weighted by Gasteiger charge is -2.32. The van der Waals surface area contributed by atoms with Crippen molar-refractivity contribution in [1.29, 1.82) is 0 Å². The number of anilines is 2. The van der Waals surface area contributed by atoms with E-state index < -0.39 is 0 Å². The van der Waals surface area contributed by atoms with Crippen LogP contribution in [0.5, 0.6) is 0 Å². The number of nitrogens with zero attached hydrogens (tertiary/aromatic N) is 1. The highest BCUT2D eigenvalue weighted by atomic mass is 32.1. The van der Waals surface area contributed by atoms with Crippen LogP contribution in [0.2, 0.25) is 0 Å². The number of morpholine rings is 1. The Hall–Kier alpha value is -1.27. The van der Waals surface area contributed by atoms with E-state index in [-0.39, 0.29) is 12.1 Å². The number of thiophene rings is 1. The summed E-state index contributed by atoms with van der Waals surface area (Å²) >= 11 is 1.47. The Kier molecular flexibility index (Phi) is 3.60. The number of esters is 1. The normalized spacial score (nSPS) is 22.9. The van der Waals surface area contributed by atoms with E-state index in [2.05, 4.69) is 11.8 Å². The standard InChI is InChI=1S/C14H20N2O3S/c1-8-7-16(5-6-19-8)13-10(9-3-4-9)11(15)12(20-13)14(17)18-2/h8-9H,3-7,15H2,1-2H3. The molecular weight excluding hydrogens is 276 g/mol. The third-order valence-electron chi connectivity index (χ3n) is 3.85. The molecule has 1 aromatic rings. The Balaban J connectivity index is 1.98. The van der Waals surface area contributed by atoms with Crippen molar-refractivity contribution in [3.63, 3.8) is 0 Å². The van der Waals surface area contributed by atoms with Crippen LogP contribution in [0.1, 0.15) is 40.9 Å². The summed E-state index contributed by atoms with van der Waals surface area (Å²) in [5.41, 5.74) is 8.00. The maximum absolute atomic E-state index is 11.9. The van der Waals surface area contributed by atoms with Crippen molar-refractivity contribution in [3.05, 3.63) is 10.4 Å². The van der Waals surface area contributed by atoms with Crippen molar-refractivity contribution in [1.82, 2.24) is 0 Å². The Bertz CT molecular complexity index is 525. The molecule has 3 rings (SSSR count). The number of nitrogen functional groups attached to an aromatic ring is 1. The molecular formula is C14H20N2O3S. The van der Waals surface area contributed by atoms with Gasteiger partial charge in [0.1, 0.15) is 4.88 Å². The van der Waals surface area contributed by atoms with Gasteiger partial charge in [-0.05, 0) is 25.7 Å². The molecule has 2 heterocycles. The lowest BCUT2D eigenvalue weighted by Crippen LogP contribution is -2.41. The summed E-state index contributed by atoms with van der Waals surface area (Å²) in [7, 11) is 1.40. The SMILES string of the molecule is COC(=O)c1sc(N2CCOC(C)C2)c(C2CC2)c1N. The van der Waals surface area contributed by atoms with E-state index in [1.165, 1.54) is 18.4 Å². The maximum atomic E-state index is 11.9. The molecule has 6 heteroatoms. The van der Waals surface area contributed by atoms with Crippen LogP contribution >= 0.6 is 11.3 Å². The highest BCUT2D eigenvalue weighted by Crippen LogP contribution is 2.52. The van der Waals surface area contributed by atoms with E-state index in [1.54, 1.807) is 0 Å². The van der Waals surface area contributed by atoms with Gasteiger partial charge in [0.25, 0.3) is 0 Å². The van der Waals surface area contributed by atoms with E-state index >= 15 is 0 Å². The first-order valence-corrected chi connectivity index (χ1v) is 7.80. The smallest absolute Gasteiger partial charge is 0.350 e. The molecule has 1 aliphatic heterocycles. The van der Waals surface area contributed by atoms with Crippen LogP contribution in [-0.2, 0) is 9.47 Å². The van der Waals surface area contributed by atoms with Crippen LogP contribution in [0, 0.1) is 0 Å². The predicted octanol–water partition coefficient (Wildman–Crippen LogP) is 2.22. The van der Waals surface area contributed by atoms with Gasteiger partial charge in [0, 0.05) is 18.7 Å². The summed E-state index contributed by atoms with van der Waals surface area (Å²) in [6.45, 7) is 4.49. The summed E-state index contributed by atoms with van der Waals surface area (Å²) in [4.78, 5) is 14.7. The molecule has 1 aromatic heterocycles. The zero-order valence-corrected chi connectivity index (χ0v) is 12.7. The Morgan fingerprint density at radius 3 is 2.85 bits per heavy atom. The Morgan fingerprint density at radius 2 is 2.25 bits per heavy atom. The van der Waals surface area contributed by atoms with Gasteiger partial charge in [-0.3, -0.25) is 0 Å². The van der Waals surface area contributed by atoms with Crippen LogP contribution in [-0.4, -0.2) is 38.9 Å². The fraction of sp³-hybridized carbons (Fsp3) is 0.643. The van der Waals surface area contributed by atoms with Crippen molar-refractivity contribution in [2.45, 2.75) is 31.8 Å². The second-order valence-corrected chi connectivity index (χ2v) is 6.46. The fourth-order valence-electron chi connectivity index (χ4n) is 2.69. The quantitative estimate of drug-likeness (QED) is 0.866. The minimum absolute atomic E-state index is 0.209. The molecule has 1 aliphatic carbocycles. The number of methoxy groups -OCH3 is 1. The third-order valence-corrected chi connectivity index (χ3v) is 5.11. The van der Waals surface area contributed by atoms with Crippen LogP contribution < -0.4 is 10.6 Å². The van der Waals surface area contributed by atoms with E-state index in [0.29, 0.717) is 16.5 Å². The first-order valence-electron chi connectivity index (χ1n) is 6.98. The second kappa shape index (κ2) is 5.26. The van der Waals surface area contributed by atoms with Crippen molar-refractivity contribution < 1.29 is 14.3 Å². The van der Waals surface area contributed by atoms with Crippen LogP contribution in [0.4, 0.5) is 10.7 Å². The lowest BCUT2D eigenvalue weighted by molar-refractivity contribution is 0.0534. The van der Waals surface area contributed by atoms with Gasteiger partial charge >= 0.3 is 5.97 Å². The average Bonchev–Trinajstić information content (AvgIpc) is 3.21. The average molecular weight is 296 g/mol. The number of nitrogens with two attached hydrogens (primary N) is 1. The summed E-state index contributed by atoms with van der Waals surface area (Å²) in [5.74, 6) is 0.180. The number of carbonyl (C=O) groups excluding carboxylic acids is 1.